The van der Waals surface area contributed by atoms with Crippen LogP contribution in [0.3, 0.4) is 0 Å². The van der Waals surface area contributed by atoms with Gasteiger partial charge >= 0.3 is 0 Å². The number of sulfonamides is 1. The molecular formula is C20H24Cl2N2O3S. The van der Waals surface area contributed by atoms with Crippen molar-refractivity contribution in [1.82, 2.24) is 0 Å². The molecule has 1 amide bonds. The maximum absolute atomic E-state index is 13.0. The molecule has 0 spiro atoms. The summed E-state index contributed by atoms with van der Waals surface area (Å²) in [6.07, 6.45) is 2.52. The van der Waals surface area contributed by atoms with Crippen LogP contribution in [0.1, 0.15) is 31.9 Å². The van der Waals surface area contributed by atoms with Gasteiger partial charge in [0.2, 0.25) is 15.9 Å². The lowest BCUT2D eigenvalue weighted by molar-refractivity contribution is -0.116. The van der Waals surface area contributed by atoms with Gasteiger partial charge in [-0.2, -0.15) is 0 Å². The minimum atomic E-state index is -3.80. The first-order valence-electron chi connectivity index (χ1n) is 8.96. The van der Waals surface area contributed by atoms with Gasteiger partial charge in [-0.3, -0.25) is 9.10 Å². The molecule has 8 heteroatoms. The second-order valence-corrected chi connectivity index (χ2v) is 9.18. The number of anilines is 2. The maximum atomic E-state index is 13.0. The fourth-order valence-electron chi connectivity index (χ4n) is 3.07. The number of benzene rings is 2. The highest BCUT2D eigenvalue weighted by Crippen LogP contribution is 2.32. The highest BCUT2D eigenvalue weighted by molar-refractivity contribution is 7.92. The lowest BCUT2D eigenvalue weighted by Gasteiger charge is -2.29. The molecule has 0 aliphatic rings. The van der Waals surface area contributed by atoms with Gasteiger partial charge in [0.25, 0.3) is 0 Å². The Labute approximate surface area is 176 Å². The van der Waals surface area contributed by atoms with Crippen LogP contribution in [0.2, 0.25) is 10.0 Å². The Bertz CT molecular complexity index is 955. The smallest absolute Gasteiger partial charge is 0.248 e. The molecule has 2 rings (SSSR count). The van der Waals surface area contributed by atoms with Crippen molar-refractivity contribution in [2.75, 3.05) is 15.9 Å². The van der Waals surface area contributed by atoms with E-state index >= 15 is 0 Å². The van der Waals surface area contributed by atoms with E-state index in [0.717, 1.165) is 40.2 Å². The molecule has 5 nitrogen and oxygen atoms in total. The van der Waals surface area contributed by atoms with Crippen LogP contribution >= 0.6 is 23.2 Å². The standard InChI is InChI=1S/C20H24Cl2N2O3S/c1-5-14-8-7-9-15(6-2)19(14)23-20(25)13(3)24(28(4,26)27)18-12-16(21)10-11-17(18)22/h7-13H,5-6H2,1-4H3,(H,23,25). The van der Waals surface area contributed by atoms with E-state index in [1.165, 1.54) is 19.1 Å². The average molecular weight is 443 g/mol. The number of hydrogen-bond donors (Lipinski definition) is 1. The van der Waals surface area contributed by atoms with Crippen LogP contribution in [-0.4, -0.2) is 26.6 Å². The van der Waals surface area contributed by atoms with Gasteiger partial charge < -0.3 is 5.32 Å². The van der Waals surface area contributed by atoms with E-state index in [9.17, 15) is 13.2 Å². The van der Waals surface area contributed by atoms with Gasteiger partial charge in [-0.1, -0.05) is 55.2 Å². The van der Waals surface area contributed by atoms with Crippen molar-refractivity contribution in [2.24, 2.45) is 0 Å². The van der Waals surface area contributed by atoms with Crippen LogP contribution in [0.5, 0.6) is 0 Å². The highest BCUT2D eigenvalue weighted by atomic mass is 35.5. The van der Waals surface area contributed by atoms with E-state index in [1.54, 1.807) is 6.07 Å². The highest BCUT2D eigenvalue weighted by Gasteiger charge is 2.31. The summed E-state index contributed by atoms with van der Waals surface area (Å²) in [6.45, 7) is 5.53. The third-order valence-corrected chi connectivity index (χ3v) is 6.26. The van der Waals surface area contributed by atoms with Crippen molar-refractivity contribution in [3.05, 3.63) is 57.6 Å². The zero-order valence-corrected chi connectivity index (χ0v) is 18.6. The second kappa shape index (κ2) is 9.16. The van der Waals surface area contributed by atoms with Gasteiger partial charge in [-0.25, -0.2) is 8.42 Å². The fraction of sp³-hybridized carbons (Fsp3) is 0.350. The Morgan fingerprint density at radius 1 is 1.11 bits per heavy atom. The van der Waals surface area contributed by atoms with Gasteiger partial charge in [0.1, 0.15) is 6.04 Å². The molecule has 28 heavy (non-hydrogen) atoms. The molecule has 1 N–H and O–H groups in total. The number of rotatable bonds is 7. The van der Waals surface area contributed by atoms with Crippen molar-refractivity contribution in [2.45, 2.75) is 39.7 Å². The lowest BCUT2D eigenvalue weighted by Crippen LogP contribution is -2.45. The molecule has 0 aliphatic heterocycles. The van der Waals surface area contributed by atoms with Crippen molar-refractivity contribution in [3.8, 4) is 0 Å². The Morgan fingerprint density at radius 3 is 2.18 bits per heavy atom. The summed E-state index contributed by atoms with van der Waals surface area (Å²) in [4.78, 5) is 13.0. The molecule has 0 heterocycles. The topological polar surface area (TPSA) is 66.5 Å². The minimum absolute atomic E-state index is 0.166. The molecule has 2 aromatic rings. The van der Waals surface area contributed by atoms with E-state index in [4.69, 9.17) is 23.2 Å². The molecule has 0 radical (unpaired) electrons. The fourth-order valence-corrected chi connectivity index (χ4v) is 4.67. The third-order valence-electron chi connectivity index (χ3n) is 4.48. The summed E-state index contributed by atoms with van der Waals surface area (Å²) in [7, 11) is -3.80. The largest absolute Gasteiger partial charge is 0.324 e. The van der Waals surface area contributed by atoms with Crippen LogP contribution in [0.4, 0.5) is 11.4 Å². The predicted molar refractivity (Wildman–Crippen MR) is 117 cm³/mol. The first kappa shape index (κ1) is 22.5. The minimum Gasteiger partial charge on any atom is -0.324 e. The van der Waals surface area contributed by atoms with E-state index < -0.39 is 22.0 Å². The zero-order valence-electron chi connectivity index (χ0n) is 16.3. The monoisotopic (exact) mass is 442 g/mol. The number of hydrogen-bond acceptors (Lipinski definition) is 3. The Morgan fingerprint density at radius 2 is 1.68 bits per heavy atom. The average Bonchev–Trinajstić information content (AvgIpc) is 2.63. The molecule has 0 aliphatic carbocycles. The molecule has 2 aromatic carbocycles. The number of carbonyl (C=O) groups is 1. The zero-order chi connectivity index (χ0) is 21.1. The molecule has 0 saturated carbocycles. The van der Waals surface area contributed by atoms with Crippen molar-refractivity contribution >= 4 is 50.5 Å². The summed E-state index contributed by atoms with van der Waals surface area (Å²) in [6, 6.07) is 9.31. The summed E-state index contributed by atoms with van der Waals surface area (Å²) in [5.41, 5.74) is 2.88. The van der Waals surface area contributed by atoms with Gasteiger partial charge in [0, 0.05) is 10.7 Å². The van der Waals surface area contributed by atoms with Gasteiger partial charge in [0.05, 0.1) is 17.0 Å². The summed E-state index contributed by atoms with van der Waals surface area (Å²) < 4.78 is 26.0. The van der Waals surface area contributed by atoms with Crippen molar-refractivity contribution in [1.29, 1.82) is 0 Å². The van der Waals surface area contributed by atoms with E-state index in [-0.39, 0.29) is 10.7 Å². The second-order valence-electron chi connectivity index (χ2n) is 6.48. The quantitative estimate of drug-likeness (QED) is 0.661. The van der Waals surface area contributed by atoms with Crippen molar-refractivity contribution < 1.29 is 13.2 Å². The maximum Gasteiger partial charge on any atom is 0.248 e. The molecular weight excluding hydrogens is 419 g/mol. The van der Waals surface area contributed by atoms with Gasteiger partial charge in [0.15, 0.2) is 0 Å². The number of para-hydroxylation sites is 1. The molecule has 0 aromatic heterocycles. The molecule has 0 fully saturated rings. The van der Waals surface area contributed by atoms with Gasteiger partial charge in [-0.15, -0.1) is 0 Å². The summed E-state index contributed by atoms with van der Waals surface area (Å²) in [5, 5.41) is 3.43. The molecule has 0 saturated heterocycles. The van der Waals surface area contributed by atoms with E-state index in [2.05, 4.69) is 5.32 Å². The first-order chi connectivity index (χ1) is 13.1. The summed E-state index contributed by atoms with van der Waals surface area (Å²) in [5.74, 6) is -0.447. The third kappa shape index (κ3) is 4.99. The number of amides is 1. The number of nitrogens with zero attached hydrogens (tertiary/aromatic N) is 1. The van der Waals surface area contributed by atoms with Crippen LogP contribution in [0.15, 0.2) is 36.4 Å². The number of halogens is 2. The molecule has 1 unspecified atom stereocenters. The van der Waals surface area contributed by atoms with E-state index in [0.29, 0.717) is 5.02 Å². The molecule has 1 atom stereocenters. The van der Waals surface area contributed by atoms with Gasteiger partial charge in [-0.05, 0) is 49.1 Å². The van der Waals surface area contributed by atoms with Crippen LogP contribution in [-0.2, 0) is 27.7 Å². The van der Waals surface area contributed by atoms with Crippen LogP contribution in [0, 0.1) is 0 Å². The Balaban J connectivity index is 2.45. The van der Waals surface area contributed by atoms with E-state index in [1.807, 2.05) is 32.0 Å². The number of nitrogens with one attached hydrogen (secondary N) is 1. The normalized spacial score (nSPS) is 12.5. The SMILES string of the molecule is CCc1cccc(CC)c1NC(=O)C(C)N(c1cc(Cl)ccc1Cl)S(C)(=O)=O. The van der Waals surface area contributed by atoms with Crippen LogP contribution < -0.4 is 9.62 Å². The van der Waals surface area contributed by atoms with Crippen molar-refractivity contribution in [3.63, 3.8) is 0 Å². The summed E-state index contributed by atoms with van der Waals surface area (Å²) >= 11 is 12.2. The Hall–Kier alpha value is -1.76. The molecule has 0 bridgehead atoms. The number of carbonyl (C=O) groups excluding carboxylic acids is 1. The lowest BCUT2D eigenvalue weighted by atomic mass is 10.0. The predicted octanol–water partition coefficient (Wildman–Crippen LogP) is 4.91. The number of aryl methyl sites for hydroxylation is 2. The van der Waals surface area contributed by atoms with Crippen LogP contribution in [0.25, 0.3) is 0 Å². The molecule has 152 valence electrons. The Kier molecular flexibility index (Phi) is 7.37. The first-order valence-corrected chi connectivity index (χ1v) is 11.6.